The van der Waals surface area contributed by atoms with Crippen molar-refractivity contribution in [2.75, 3.05) is 0 Å². The molecule has 6 nitrogen and oxygen atoms in total. The molecule has 46 heavy (non-hydrogen) atoms. The zero-order chi connectivity index (χ0) is 30.6. The Morgan fingerprint density at radius 3 is 1.87 bits per heavy atom. The van der Waals surface area contributed by atoms with Gasteiger partial charge in [-0.3, -0.25) is 4.57 Å². The van der Waals surface area contributed by atoms with E-state index < -0.39 is 0 Å². The normalized spacial score (nSPS) is 11.5. The van der Waals surface area contributed by atoms with Gasteiger partial charge in [0.1, 0.15) is 0 Å². The van der Waals surface area contributed by atoms with Gasteiger partial charge in [0.05, 0.1) is 33.7 Å². The van der Waals surface area contributed by atoms with Crippen molar-refractivity contribution in [3.63, 3.8) is 0 Å². The topological polar surface area (TPSA) is 72.3 Å². The van der Waals surface area contributed by atoms with Gasteiger partial charge in [0, 0.05) is 38.4 Å². The molecule has 0 amide bonds. The number of nitrogens with zero attached hydrogens (tertiary/aromatic N) is 6. The van der Waals surface area contributed by atoms with E-state index in [1.807, 2.05) is 54.6 Å². The van der Waals surface area contributed by atoms with Gasteiger partial charge in [-0.25, -0.2) is 4.98 Å². The van der Waals surface area contributed by atoms with Crippen molar-refractivity contribution in [3.05, 3.63) is 151 Å². The third-order valence-electron chi connectivity index (χ3n) is 8.59. The van der Waals surface area contributed by atoms with Crippen LogP contribution in [-0.4, -0.2) is 24.1 Å². The van der Waals surface area contributed by atoms with Crippen LogP contribution in [-0.2, 0) is 0 Å². The number of aromatic nitrogens is 5. The summed E-state index contributed by atoms with van der Waals surface area (Å²) in [7, 11) is 0. The van der Waals surface area contributed by atoms with Crippen LogP contribution in [0.5, 0.6) is 0 Å². The summed E-state index contributed by atoms with van der Waals surface area (Å²) in [5.74, 6) is 1.58. The maximum absolute atomic E-state index is 9.65. The van der Waals surface area contributed by atoms with Gasteiger partial charge in [0.15, 0.2) is 11.6 Å². The molecule has 0 aliphatic carbocycles. The highest BCUT2D eigenvalue weighted by Gasteiger charge is 2.23. The Kier molecular flexibility index (Phi) is 5.77. The largest absolute Gasteiger partial charge is 0.309 e. The van der Waals surface area contributed by atoms with Crippen molar-refractivity contribution in [2.45, 2.75) is 0 Å². The minimum absolute atomic E-state index is 0.505. The molecular formula is C40H24N6. The van der Waals surface area contributed by atoms with Crippen LogP contribution in [0.15, 0.2) is 146 Å². The van der Waals surface area contributed by atoms with E-state index in [2.05, 4.69) is 100 Å². The Morgan fingerprint density at radius 1 is 0.478 bits per heavy atom. The van der Waals surface area contributed by atoms with Crippen LogP contribution in [0.3, 0.4) is 0 Å². The minimum atomic E-state index is 0.505. The first-order chi connectivity index (χ1) is 22.8. The number of nitriles is 1. The molecule has 0 saturated heterocycles. The molecule has 0 bridgehead atoms. The number of hydrogen-bond acceptors (Lipinski definition) is 4. The van der Waals surface area contributed by atoms with Crippen LogP contribution in [0, 0.1) is 11.3 Å². The van der Waals surface area contributed by atoms with Crippen molar-refractivity contribution < 1.29 is 0 Å². The maximum atomic E-state index is 9.65. The van der Waals surface area contributed by atoms with Gasteiger partial charge in [-0.15, -0.1) is 0 Å². The molecule has 0 N–H and O–H groups in total. The lowest BCUT2D eigenvalue weighted by molar-refractivity contribution is 0.955. The standard InChI is InChI=1S/C40H24N6/c41-25-26-12-11-15-28(24-26)39-42-38(27-13-3-1-4-14-27)43-40(44-39)46-33-20-9-7-18-30(33)31-22-23-35-36(37(31)46)32-19-8-10-21-34(32)45(35)29-16-5-2-6-17-29/h1-24H. The molecule has 6 aromatic carbocycles. The lowest BCUT2D eigenvalue weighted by atomic mass is 10.1. The molecule has 0 spiro atoms. The monoisotopic (exact) mass is 588 g/mol. The van der Waals surface area contributed by atoms with E-state index in [9.17, 15) is 5.26 Å². The van der Waals surface area contributed by atoms with Gasteiger partial charge in [-0.05, 0) is 42.5 Å². The van der Waals surface area contributed by atoms with Gasteiger partial charge in [-0.2, -0.15) is 15.2 Å². The molecule has 0 aliphatic rings. The molecule has 3 aromatic heterocycles. The highest BCUT2D eigenvalue weighted by Crippen LogP contribution is 2.41. The molecule has 0 fully saturated rings. The molecule has 0 aliphatic heterocycles. The van der Waals surface area contributed by atoms with E-state index >= 15 is 0 Å². The zero-order valence-electron chi connectivity index (χ0n) is 24.5. The van der Waals surface area contributed by atoms with Crippen molar-refractivity contribution in [3.8, 4) is 40.5 Å². The molecule has 0 atom stereocenters. The predicted molar refractivity (Wildman–Crippen MR) is 184 cm³/mol. The minimum Gasteiger partial charge on any atom is -0.309 e. The Hall–Kier alpha value is -6.58. The molecule has 9 rings (SSSR count). The van der Waals surface area contributed by atoms with Gasteiger partial charge in [0.2, 0.25) is 5.95 Å². The third kappa shape index (κ3) is 3.93. The smallest absolute Gasteiger partial charge is 0.238 e. The first-order valence-electron chi connectivity index (χ1n) is 15.1. The SMILES string of the molecule is N#Cc1cccc(-c2nc(-c3ccccc3)nc(-n3c4ccccc4c4ccc5c(c6ccccc6n5-c5ccccc5)c43)n2)c1. The summed E-state index contributed by atoms with van der Waals surface area (Å²) >= 11 is 0. The van der Waals surface area contributed by atoms with Gasteiger partial charge in [-0.1, -0.05) is 103 Å². The van der Waals surface area contributed by atoms with E-state index in [1.165, 1.54) is 0 Å². The van der Waals surface area contributed by atoms with Crippen LogP contribution in [0.4, 0.5) is 0 Å². The zero-order valence-corrected chi connectivity index (χ0v) is 24.5. The summed E-state index contributed by atoms with van der Waals surface area (Å²) in [6.07, 6.45) is 0. The summed E-state index contributed by atoms with van der Waals surface area (Å²) in [6, 6.07) is 51.5. The van der Waals surface area contributed by atoms with Gasteiger partial charge in [0.25, 0.3) is 0 Å². The number of para-hydroxylation sites is 3. The molecule has 214 valence electrons. The first kappa shape index (κ1) is 25.9. The lowest BCUT2D eigenvalue weighted by Crippen LogP contribution is -2.06. The van der Waals surface area contributed by atoms with Crippen molar-refractivity contribution in [1.82, 2.24) is 24.1 Å². The van der Waals surface area contributed by atoms with E-state index in [-0.39, 0.29) is 0 Å². The molecule has 9 aromatic rings. The van der Waals surface area contributed by atoms with Crippen molar-refractivity contribution in [1.29, 1.82) is 5.26 Å². The number of hydrogen-bond donors (Lipinski definition) is 0. The lowest BCUT2D eigenvalue weighted by Gasteiger charge is -2.12. The molecule has 0 saturated carbocycles. The van der Waals surface area contributed by atoms with E-state index in [4.69, 9.17) is 15.0 Å². The number of fused-ring (bicyclic) bond motifs is 7. The fourth-order valence-electron chi connectivity index (χ4n) is 6.61. The molecule has 0 unspecified atom stereocenters. The summed E-state index contributed by atoms with van der Waals surface area (Å²) < 4.78 is 4.51. The van der Waals surface area contributed by atoms with Crippen LogP contribution < -0.4 is 0 Å². The number of benzene rings is 6. The van der Waals surface area contributed by atoms with Crippen LogP contribution in [0.1, 0.15) is 5.56 Å². The second-order valence-corrected chi connectivity index (χ2v) is 11.2. The van der Waals surface area contributed by atoms with E-state index in [0.717, 1.165) is 60.4 Å². The summed E-state index contributed by atoms with van der Waals surface area (Å²) in [5.41, 5.74) is 7.55. The van der Waals surface area contributed by atoms with E-state index in [0.29, 0.717) is 23.2 Å². The third-order valence-corrected chi connectivity index (χ3v) is 8.59. The Bertz CT molecular complexity index is 2640. The Morgan fingerprint density at radius 2 is 1.11 bits per heavy atom. The number of rotatable bonds is 4. The van der Waals surface area contributed by atoms with Crippen LogP contribution >= 0.6 is 0 Å². The molecule has 0 radical (unpaired) electrons. The van der Waals surface area contributed by atoms with Gasteiger partial charge < -0.3 is 4.57 Å². The second kappa shape index (κ2) is 10.3. The van der Waals surface area contributed by atoms with Gasteiger partial charge >= 0.3 is 0 Å². The van der Waals surface area contributed by atoms with Crippen molar-refractivity contribution >= 4 is 43.6 Å². The average molecular weight is 589 g/mol. The Balaban J connectivity index is 1.45. The van der Waals surface area contributed by atoms with Crippen LogP contribution in [0.2, 0.25) is 0 Å². The fraction of sp³-hybridized carbons (Fsp3) is 0. The summed E-state index contributed by atoms with van der Waals surface area (Å²) in [4.78, 5) is 15.2. The second-order valence-electron chi connectivity index (χ2n) is 11.2. The fourth-order valence-corrected chi connectivity index (χ4v) is 6.61. The average Bonchev–Trinajstić information content (AvgIpc) is 3.65. The summed E-state index contributed by atoms with van der Waals surface area (Å²) in [6.45, 7) is 0. The molecule has 3 heterocycles. The first-order valence-corrected chi connectivity index (χ1v) is 15.1. The van der Waals surface area contributed by atoms with Crippen molar-refractivity contribution in [2.24, 2.45) is 0 Å². The van der Waals surface area contributed by atoms with E-state index in [1.54, 1.807) is 6.07 Å². The maximum Gasteiger partial charge on any atom is 0.238 e. The quantitative estimate of drug-likeness (QED) is 0.205. The molecular weight excluding hydrogens is 564 g/mol. The Labute approximate surface area is 264 Å². The predicted octanol–water partition coefficient (Wildman–Crippen LogP) is 9.27. The summed E-state index contributed by atoms with van der Waals surface area (Å²) in [5, 5.41) is 14.2. The highest BCUT2D eigenvalue weighted by molar-refractivity contribution is 6.26. The highest BCUT2D eigenvalue weighted by atomic mass is 15.2. The molecule has 6 heteroatoms. The van der Waals surface area contributed by atoms with Crippen LogP contribution in [0.25, 0.3) is 78.0 Å².